The molecule has 0 bridgehead atoms. The largest absolute Gasteiger partial charge is 0.507 e. The third-order valence-corrected chi connectivity index (χ3v) is 4.49. The van der Waals surface area contributed by atoms with Crippen molar-refractivity contribution in [1.82, 2.24) is 0 Å². The van der Waals surface area contributed by atoms with Crippen LogP contribution < -0.4 is 9.47 Å². The summed E-state index contributed by atoms with van der Waals surface area (Å²) in [6.07, 6.45) is 1.07. The summed E-state index contributed by atoms with van der Waals surface area (Å²) in [4.78, 5) is 12.3. The summed E-state index contributed by atoms with van der Waals surface area (Å²) in [5.74, 6) is 1.42. The molecule has 0 spiro atoms. The first kappa shape index (κ1) is 17.3. The van der Waals surface area contributed by atoms with Gasteiger partial charge in [-0.15, -0.1) is 0 Å². The van der Waals surface area contributed by atoms with Crippen LogP contribution in [0.3, 0.4) is 0 Å². The Hall–Kier alpha value is -2.49. The molecule has 1 N–H and O–H groups in total. The Kier molecular flexibility index (Phi) is 4.71. The van der Waals surface area contributed by atoms with E-state index in [4.69, 9.17) is 9.47 Å². The number of hydrogen-bond acceptors (Lipinski definition) is 4. The van der Waals surface area contributed by atoms with Gasteiger partial charge in [-0.1, -0.05) is 25.1 Å². The van der Waals surface area contributed by atoms with Crippen molar-refractivity contribution >= 4 is 5.78 Å². The second kappa shape index (κ2) is 6.79. The maximum Gasteiger partial charge on any atom is 0.174 e. The van der Waals surface area contributed by atoms with Crippen LogP contribution in [-0.4, -0.2) is 23.1 Å². The number of aromatic hydroxyl groups is 1. The van der Waals surface area contributed by atoms with Crippen molar-refractivity contribution in [2.24, 2.45) is 0 Å². The van der Waals surface area contributed by atoms with E-state index < -0.39 is 5.60 Å². The Morgan fingerprint density at radius 3 is 2.68 bits per heavy atom. The molecule has 0 aliphatic carbocycles. The fourth-order valence-corrected chi connectivity index (χ4v) is 3.11. The lowest BCUT2D eigenvalue weighted by molar-refractivity contribution is 0.0613. The predicted octanol–water partition coefficient (Wildman–Crippen LogP) is 4.71. The molecule has 0 fully saturated rings. The smallest absolute Gasteiger partial charge is 0.174 e. The molecule has 3 rings (SSSR count). The minimum atomic E-state index is -0.547. The van der Waals surface area contributed by atoms with Crippen LogP contribution in [0.5, 0.6) is 17.2 Å². The summed E-state index contributed by atoms with van der Waals surface area (Å²) in [6.45, 7) is 6.42. The Labute approximate surface area is 148 Å². The Morgan fingerprint density at radius 2 is 1.96 bits per heavy atom. The van der Waals surface area contributed by atoms with Crippen molar-refractivity contribution in [1.29, 1.82) is 0 Å². The van der Waals surface area contributed by atoms with E-state index in [1.807, 2.05) is 50.2 Å². The van der Waals surface area contributed by atoms with Crippen LogP contribution >= 0.6 is 0 Å². The van der Waals surface area contributed by atoms with Gasteiger partial charge in [0.25, 0.3) is 0 Å². The topological polar surface area (TPSA) is 55.8 Å². The van der Waals surface area contributed by atoms with E-state index in [1.165, 1.54) is 0 Å². The normalized spacial score (nSPS) is 16.7. The summed E-state index contributed by atoms with van der Waals surface area (Å²) in [5.41, 5.74) is 0.698. The van der Waals surface area contributed by atoms with Crippen molar-refractivity contribution in [2.45, 2.75) is 45.1 Å². The van der Waals surface area contributed by atoms with Crippen LogP contribution in [0, 0.1) is 0 Å². The zero-order chi connectivity index (χ0) is 18.0. The van der Waals surface area contributed by atoms with E-state index >= 15 is 0 Å². The van der Waals surface area contributed by atoms with Crippen LogP contribution in [0.15, 0.2) is 42.5 Å². The van der Waals surface area contributed by atoms with Crippen molar-refractivity contribution in [2.75, 3.05) is 6.61 Å². The van der Waals surface area contributed by atoms with Crippen molar-refractivity contribution in [3.63, 3.8) is 0 Å². The van der Waals surface area contributed by atoms with E-state index in [2.05, 4.69) is 6.92 Å². The highest BCUT2D eigenvalue weighted by Gasteiger charge is 2.35. The third-order valence-electron chi connectivity index (χ3n) is 4.49. The minimum Gasteiger partial charge on any atom is -0.507 e. The molecule has 2 aromatic rings. The van der Waals surface area contributed by atoms with Gasteiger partial charge in [0.1, 0.15) is 28.4 Å². The molecule has 25 heavy (non-hydrogen) atoms. The predicted molar refractivity (Wildman–Crippen MR) is 96.7 cm³/mol. The zero-order valence-electron chi connectivity index (χ0n) is 14.9. The highest BCUT2D eigenvalue weighted by Crippen LogP contribution is 2.40. The molecule has 4 nitrogen and oxygen atoms in total. The van der Waals surface area contributed by atoms with Gasteiger partial charge < -0.3 is 14.6 Å². The number of benzene rings is 2. The maximum atomic E-state index is 12.3. The van der Waals surface area contributed by atoms with Crippen molar-refractivity contribution in [3.05, 3.63) is 53.6 Å². The lowest BCUT2D eigenvalue weighted by atomic mass is 9.89. The molecule has 1 unspecified atom stereocenters. The molecular formula is C21H24O4. The molecule has 0 saturated heterocycles. The number of para-hydroxylation sites is 1. The number of carbonyl (C=O) groups is 1. The quantitative estimate of drug-likeness (QED) is 0.856. The van der Waals surface area contributed by atoms with E-state index in [1.54, 1.807) is 6.07 Å². The summed E-state index contributed by atoms with van der Waals surface area (Å²) in [6, 6.07) is 13.2. The highest BCUT2D eigenvalue weighted by molar-refractivity contribution is 6.02. The van der Waals surface area contributed by atoms with Gasteiger partial charge in [-0.3, -0.25) is 4.79 Å². The number of phenolic OH excluding ortho intramolecular Hbond substituents is 1. The van der Waals surface area contributed by atoms with Gasteiger partial charge in [-0.2, -0.15) is 0 Å². The van der Waals surface area contributed by atoms with E-state index in [0.29, 0.717) is 17.9 Å². The molecule has 0 aromatic heterocycles. The van der Waals surface area contributed by atoms with Gasteiger partial charge >= 0.3 is 0 Å². The Balaban J connectivity index is 1.72. The molecule has 4 heteroatoms. The second-order valence-corrected chi connectivity index (χ2v) is 7.23. The summed E-state index contributed by atoms with van der Waals surface area (Å²) in [7, 11) is 0. The molecule has 0 radical (unpaired) electrons. The van der Waals surface area contributed by atoms with Crippen LogP contribution in [0.25, 0.3) is 0 Å². The maximum absolute atomic E-state index is 12.3. The first-order valence-corrected chi connectivity index (χ1v) is 8.63. The summed E-state index contributed by atoms with van der Waals surface area (Å²) < 4.78 is 11.7. The van der Waals surface area contributed by atoms with Crippen molar-refractivity contribution in [3.8, 4) is 17.2 Å². The van der Waals surface area contributed by atoms with E-state index in [0.717, 1.165) is 17.7 Å². The molecule has 0 amide bonds. The summed E-state index contributed by atoms with van der Waals surface area (Å²) in [5, 5.41) is 10.3. The monoisotopic (exact) mass is 340 g/mol. The summed E-state index contributed by atoms with van der Waals surface area (Å²) >= 11 is 0. The van der Waals surface area contributed by atoms with Crippen molar-refractivity contribution < 1.29 is 19.4 Å². The lowest BCUT2D eigenvalue weighted by Gasteiger charge is -2.32. The SMILES string of the molecule is CC(CCOc1ccccc1)c1cc(O)c2c(c1)OC(C)(C)CC2=O. The third kappa shape index (κ3) is 3.95. The Morgan fingerprint density at radius 1 is 1.24 bits per heavy atom. The molecule has 1 atom stereocenters. The number of carbonyl (C=O) groups excluding carboxylic acids is 1. The first-order valence-electron chi connectivity index (χ1n) is 8.63. The first-order chi connectivity index (χ1) is 11.9. The molecule has 2 aromatic carbocycles. The molecule has 0 saturated carbocycles. The number of ketones is 1. The number of fused-ring (bicyclic) bond motifs is 1. The average Bonchev–Trinajstić information content (AvgIpc) is 2.53. The number of rotatable bonds is 5. The van der Waals surface area contributed by atoms with Gasteiger partial charge in [-0.05, 0) is 56.0 Å². The Bertz CT molecular complexity index is 765. The van der Waals surface area contributed by atoms with Gasteiger partial charge in [-0.25, -0.2) is 0 Å². The van der Waals surface area contributed by atoms with Gasteiger partial charge in [0.15, 0.2) is 5.78 Å². The molecule has 132 valence electrons. The molecule has 1 aliphatic rings. The highest BCUT2D eigenvalue weighted by atomic mass is 16.5. The van der Waals surface area contributed by atoms with E-state index in [9.17, 15) is 9.90 Å². The number of hydrogen-bond donors (Lipinski definition) is 1. The lowest BCUT2D eigenvalue weighted by Crippen LogP contribution is -2.36. The zero-order valence-corrected chi connectivity index (χ0v) is 14.9. The van der Waals surface area contributed by atoms with Gasteiger partial charge in [0.2, 0.25) is 0 Å². The van der Waals surface area contributed by atoms with Crippen LogP contribution in [0.2, 0.25) is 0 Å². The van der Waals surface area contributed by atoms with Crippen LogP contribution in [-0.2, 0) is 0 Å². The minimum absolute atomic E-state index is 0.00354. The van der Waals surface area contributed by atoms with Gasteiger partial charge in [0, 0.05) is 0 Å². The van der Waals surface area contributed by atoms with E-state index in [-0.39, 0.29) is 23.9 Å². The molecular weight excluding hydrogens is 316 g/mol. The fraction of sp³-hybridized carbons (Fsp3) is 0.381. The molecule has 1 aliphatic heterocycles. The fourth-order valence-electron chi connectivity index (χ4n) is 3.11. The van der Waals surface area contributed by atoms with Crippen LogP contribution in [0.4, 0.5) is 0 Å². The number of phenols is 1. The second-order valence-electron chi connectivity index (χ2n) is 7.23. The standard InChI is InChI=1S/C21H24O4/c1-14(9-10-24-16-7-5-4-6-8-16)15-11-17(22)20-18(23)13-21(2,3)25-19(20)12-15/h4-8,11-12,14,22H,9-10,13H2,1-3H3. The number of ether oxygens (including phenoxy) is 2. The average molecular weight is 340 g/mol. The molecule has 1 heterocycles. The van der Waals surface area contributed by atoms with Crippen LogP contribution in [0.1, 0.15) is 55.5 Å². The number of Topliss-reactive ketones (excluding diaryl/α,β-unsaturated/α-hetero) is 1. The van der Waals surface area contributed by atoms with Gasteiger partial charge in [0.05, 0.1) is 13.0 Å².